The summed E-state index contributed by atoms with van der Waals surface area (Å²) in [6.07, 6.45) is -3.28. The van der Waals surface area contributed by atoms with E-state index in [2.05, 4.69) is 20.4 Å². The van der Waals surface area contributed by atoms with Crippen molar-refractivity contribution >= 4 is 35.8 Å². The molecule has 2 aromatic rings. The molecule has 1 saturated heterocycles. The summed E-state index contributed by atoms with van der Waals surface area (Å²) in [5.41, 5.74) is 2.41. The number of amides is 1. The number of rotatable bonds is 8. The first kappa shape index (κ1) is 26.7. The number of benzene rings is 2. The van der Waals surface area contributed by atoms with Gasteiger partial charge in [0.05, 0.1) is 6.54 Å². The number of alkyl halides is 3. The first-order valence-electron chi connectivity index (χ1n) is 10.6. The summed E-state index contributed by atoms with van der Waals surface area (Å²) in [6, 6.07) is 13.8. The topological polar surface area (TPSA) is 66.0 Å². The molecule has 1 aliphatic heterocycles. The molecule has 1 amide bonds. The Morgan fingerprint density at radius 3 is 2.36 bits per heavy atom. The predicted octanol–water partition coefficient (Wildman–Crippen LogP) is 4.58. The molecule has 0 bridgehead atoms. The fraction of sp³-hybridized carbons (Fsp3) is 0.391. The summed E-state index contributed by atoms with van der Waals surface area (Å²) in [6.45, 7) is 4.31. The lowest BCUT2D eigenvalue weighted by Gasteiger charge is -2.19. The van der Waals surface area contributed by atoms with Crippen molar-refractivity contribution in [3.8, 4) is 5.75 Å². The van der Waals surface area contributed by atoms with Gasteiger partial charge in [-0.3, -0.25) is 4.79 Å². The first-order chi connectivity index (χ1) is 15.4. The molecule has 0 saturated carbocycles. The molecule has 1 aliphatic rings. The van der Waals surface area contributed by atoms with E-state index in [-0.39, 0.29) is 42.2 Å². The molecule has 1 fully saturated rings. The lowest BCUT2D eigenvalue weighted by atomic mass is 10.1. The maximum absolute atomic E-state index is 12.6. The summed E-state index contributed by atoms with van der Waals surface area (Å²) in [4.78, 5) is 18.2. The van der Waals surface area contributed by atoms with Crippen molar-refractivity contribution in [1.82, 2.24) is 15.5 Å². The number of para-hydroxylation sites is 1. The van der Waals surface area contributed by atoms with Crippen LogP contribution in [0.5, 0.6) is 5.75 Å². The van der Waals surface area contributed by atoms with Crippen LogP contribution in [0.4, 0.5) is 13.2 Å². The third kappa shape index (κ3) is 8.41. The highest BCUT2D eigenvalue weighted by molar-refractivity contribution is 14.0. The highest BCUT2D eigenvalue weighted by Gasteiger charge is 2.32. The number of ether oxygens (including phenoxy) is 1. The van der Waals surface area contributed by atoms with Gasteiger partial charge >= 0.3 is 6.36 Å². The van der Waals surface area contributed by atoms with E-state index >= 15 is 0 Å². The molecule has 1 heterocycles. The van der Waals surface area contributed by atoms with Gasteiger partial charge in [-0.15, -0.1) is 37.1 Å². The van der Waals surface area contributed by atoms with E-state index in [1.165, 1.54) is 12.1 Å². The first-order valence-corrected chi connectivity index (χ1v) is 10.6. The Hall–Kier alpha value is -2.50. The van der Waals surface area contributed by atoms with Crippen molar-refractivity contribution in [2.45, 2.75) is 45.8 Å². The number of guanidine groups is 1. The molecular weight excluding hydrogens is 548 g/mol. The van der Waals surface area contributed by atoms with Crippen LogP contribution in [-0.4, -0.2) is 36.2 Å². The third-order valence-corrected chi connectivity index (χ3v) is 5.05. The molecule has 10 heteroatoms. The minimum absolute atomic E-state index is 0. The van der Waals surface area contributed by atoms with Crippen LogP contribution in [0.2, 0.25) is 0 Å². The van der Waals surface area contributed by atoms with Gasteiger partial charge in [-0.1, -0.05) is 42.5 Å². The SMILES string of the molecule is CCNC(=NCc1ccccc1OC(F)(F)F)NCc1ccccc1CN1CCCC1=O.I. The zero-order valence-electron chi connectivity index (χ0n) is 18.3. The van der Waals surface area contributed by atoms with Crippen molar-refractivity contribution in [1.29, 1.82) is 0 Å². The molecule has 0 spiro atoms. The van der Waals surface area contributed by atoms with Gasteiger partial charge in [0.2, 0.25) is 5.91 Å². The molecule has 180 valence electrons. The van der Waals surface area contributed by atoms with E-state index in [1.807, 2.05) is 36.1 Å². The lowest BCUT2D eigenvalue weighted by Crippen LogP contribution is -2.37. The fourth-order valence-corrected chi connectivity index (χ4v) is 3.50. The summed E-state index contributed by atoms with van der Waals surface area (Å²) < 4.78 is 42.0. The number of halogens is 4. The highest BCUT2D eigenvalue weighted by atomic mass is 127. The second-order valence-corrected chi connectivity index (χ2v) is 7.39. The van der Waals surface area contributed by atoms with E-state index in [4.69, 9.17) is 0 Å². The van der Waals surface area contributed by atoms with Gasteiger partial charge in [-0.05, 0) is 30.5 Å². The van der Waals surface area contributed by atoms with Gasteiger partial charge in [0, 0.05) is 38.2 Å². The van der Waals surface area contributed by atoms with Crippen LogP contribution < -0.4 is 15.4 Å². The number of carbonyl (C=O) groups excluding carboxylic acids is 1. The minimum Gasteiger partial charge on any atom is -0.405 e. The Balaban J connectivity index is 0.00000385. The van der Waals surface area contributed by atoms with E-state index in [9.17, 15) is 18.0 Å². The molecule has 0 radical (unpaired) electrons. The molecule has 0 unspecified atom stereocenters. The van der Waals surface area contributed by atoms with E-state index < -0.39 is 6.36 Å². The maximum atomic E-state index is 12.6. The Morgan fingerprint density at radius 2 is 1.73 bits per heavy atom. The Kier molecular flexibility index (Phi) is 10.3. The zero-order chi connectivity index (χ0) is 23.0. The van der Waals surface area contributed by atoms with Crippen molar-refractivity contribution in [2.75, 3.05) is 13.1 Å². The molecule has 0 atom stereocenters. The Bertz CT molecular complexity index is 953. The van der Waals surface area contributed by atoms with Crippen molar-refractivity contribution < 1.29 is 22.7 Å². The number of carbonyl (C=O) groups is 1. The summed E-state index contributed by atoms with van der Waals surface area (Å²) in [5.74, 6) is 0.379. The van der Waals surface area contributed by atoms with Gasteiger partial charge in [0.25, 0.3) is 0 Å². The highest BCUT2D eigenvalue weighted by Crippen LogP contribution is 2.26. The van der Waals surface area contributed by atoms with Gasteiger partial charge < -0.3 is 20.3 Å². The van der Waals surface area contributed by atoms with Gasteiger partial charge in [0.1, 0.15) is 5.75 Å². The Labute approximate surface area is 208 Å². The number of hydrogen-bond acceptors (Lipinski definition) is 3. The van der Waals surface area contributed by atoms with E-state index in [1.54, 1.807) is 12.1 Å². The van der Waals surface area contributed by atoms with Crippen molar-refractivity contribution in [3.05, 3.63) is 65.2 Å². The number of hydrogen-bond donors (Lipinski definition) is 2. The summed E-state index contributed by atoms with van der Waals surface area (Å²) in [7, 11) is 0. The van der Waals surface area contributed by atoms with Crippen LogP contribution >= 0.6 is 24.0 Å². The molecule has 2 aromatic carbocycles. The van der Waals surface area contributed by atoms with Crippen LogP contribution in [0, 0.1) is 0 Å². The number of nitrogens with one attached hydrogen (secondary N) is 2. The summed E-state index contributed by atoms with van der Waals surface area (Å²) in [5, 5.41) is 6.33. The largest absolute Gasteiger partial charge is 0.573 e. The third-order valence-electron chi connectivity index (χ3n) is 5.05. The molecular formula is C23H28F3IN4O2. The molecule has 33 heavy (non-hydrogen) atoms. The second kappa shape index (κ2) is 12.7. The molecule has 0 aromatic heterocycles. The molecule has 0 aliphatic carbocycles. The monoisotopic (exact) mass is 576 g/mol. The quantitative estimate of drug-likeness (QED) is 0.275. The van der Waals surface area contributed by atoms with Crippen LogP contribution in [0.1, 0.15) is 36.5 Å². The molecule has 3 rings (SSSR count). The smallest absolute Gasteiger partial charge is 0.405 e. The molecule has 2 N–H and O–H groups in total. The van der Waals surface area contributed by atoms with Crippen molar-refractivity contribution in [2.24, 2.45) is 4.99 Å². The fourth-order valence-electron chi connectivity index (χ4n) is 3.50. The standard InChI is InChI=1S/C23H27F3N4O2.HI/c1-2-27-22(29-15-18-9-5-6-11-20(18)32-23(24,25)26)28-14-17-8-3-4-10-19(17)16-30-13-7-12-21(30)31;/h3-6,8-11H,2,7,12-16H2,1H3,(H2,27,28,29);1H. The normalized spacial score (nSPS) is 14.1. The average Bonchev–Trinajstić information content (AvgIpc) is 3.15. The van der Waals surface area contributed by atoms with Crippen LogP contribution in [0.3, 0.4) is 0 Å². The van der Waals surface area contributed by atoms with Gasteiger partial charge in [0.15, 0.2) is 5.96 Å². The van der Waals surface area contributed by atoms with E-state index in [0.29, 0.717) is 37.6 Å². The van der Waals surface area contributed by atoms with Crippen LogP contribution in [-0.2, 0) is 24.4 Å². The predicted molar refractivity (Wildman–Crippen MR) is 131 cm³/mol. The van der Waals surface area contributed by atoms with E-state index in [0.717, 1.165) is 24.1 Å². The summed E-state index contributed by atoms with van der Waals surface area (Å²) >= 11 is 0. The van der Waals surface area contributed by atoms with Crippen LogP contribution in [0.15, 0.2) is 53.5 Å². The second-order valence-electron chi connectivity index (χ2n) is 7.39. The molecule has 6 nitrogen and oxygen atoms in total. The lowest BCUT2D eigenvalue weighted by molar-refractivity contribution is -0.274. The van der Waals surface area contributed by atoms with Gasteiger partial charge in [-0.25, -0.2) is 4.99 Å². The average molecular weight is 576 g/mol. The minimum atomic E-state index is -4.76. The number of nitrogens with zero attached hydrogens (tertiary/aromatic N) is 2. The zero-order valence-corrected chi connectivity index (χ0v) is 20.7. The number of likely N-dealkylation sites (tertiary alicyclic amines) is 1. The van der Waals surface area contributed by atoms with Crippen molar-refractivity contribution in [3.63, 3.8) is 0 Å². The van der Waals surface area contributed by atoms with Crippen LogP contribution in [0.25, 0.3) is 0 Å². The maximum Gasteiger partial charge on any atom is 0.573 e. The Morgan fingerprint density at radius 1 is 1.06 bits per heavy atom. The number of aliphatic imine (C=N–C) groups is 1. The van der Waals surface area contributed by atoms with Gasteiger partial charge in [-0.2, -0.15) is 0 Å².